The lowest BCUT2D eigenvalue weighted by molar-refractivity contribution is -0.384. The summed E-state index contributed by atoms with van der Waals surface area (Å²) in [5, 5.41) is 31.0. The molecule has 3 aromatic rings. The first-order chi connectivity index (χ1) is 16.2. The molecular weight excluding hydrogens is 447 g/mol. The van der Waals surface area contributed by atoms with Crippen LogP contribution >= 0.6 is 0 Å². The molecule has 0 bridgehead atoms. The average Bonchev–Trinajstić information content (AvgIpc) is 3.09. The Labute approximate surface area is 191 Å². The van der Waals surface area contributed by atoms with Crippen molar-refractivity contribution in [2.45, 2.75) is 6.04 Å². The number of anilines is 1. The molecule has 1 aliphatic heterocycles. The molecule has 1 fully saturated rings. The fourth-order valence-corrected chi connectivity index (χ4v) is 3.72. The van der Waals surface area contributed by atoms with Gasteiger partial charge in [-0.2, -0.15) is 0 Å². The van der Waals surface area contributed by atoms with E-state index in [-0.39, 0.29) is 28.1 Å². The van der Waals surface area contributed by atoms with Gasteiger partial charge in [-0.3, -0.25) is 24.6 Å². The van der Waals surface area contributed by atoms with Crippen LogP contribution < -0.4 is 4.90 Å². The molecule has 1 amide bonds. The van der Waals surface area contributed by atoms with Gasteiger partial charge in [0.15, 0.2) is 0 Å². The molecule has 0 spiro atoms. The Balaban J connectivity index is 1.89. The van der Waals surface area contributed by atoms with Gasteiger partial charge in [0.25, 0.3) is 17.4 Å². The first-order valence-corrected chi connectivity index (χ1v) is 9.83. The molecule has 1 aliphatic rings. The summed E-state index contributed by atoms with van der Waals surface area (Å²) >= 11 is 0. The van der Waals surface area contributed by atoms with Crippen molar-refractivity contribution < 1.29 is 33.9 Å². The highest BCUT2D eigenvalue weighted by atomic mass is 19.1. The zero-order valence-corrected chi connectivity index (χ0v) is 17.2. The van der Waals surface area contributed by atoms with Gasteiger partial charge in [0, 0.05) is 23.4 Å². The Hall–Kier alpha value is -4.86. The largest absolute Gasteiger partial charge is 0.507 e. The fraction of sp³-hybridized carbons (Fsp3) is 0.0417. The normalized spacial score (nSPS) is 17.1. The number of rotatable bonds is 5. The lowest BCUT2D eigenvalue weighted by Gasteiger charge is -2.25. The predicted octanol–water partition coefficient (Wildman–Crippen LogP) is 4.06. The van der Waals surface area contributed by atoms with Gasteiger partial charge >= 0.3 is 5.97 Å². The molecule has 3 aromatic carbocycles. The molecule has 1 saturated heterocycles. The van der Waals surface area contributed by atoms with Crippen LogP contribution in [0.4, 0.5) is 15.8 Å². The lowest BCUT2D eigenvalue weighted by atomic mass is 9.95. The Bertz CT molecular complexity index is 1350. The van der Waals surface area contributed by atoms with Crippen molar-refractivity contribution in [2.24, 2.45) is 0 Å². The Morgan fingerprint density at radius 3 is 1.97 bits per heavy atom. The smallest absolute Gasteiger partial charge is 0.335 e. The van der Waals surface area contributed by atoms with Crippen molar-refractivity contribution in [2.75, 3.05) is 4.90 Å². The third-order valence-electron chi connectivity index (χ3n) is 5.37. The molecule has 1 unspecified atom stereocenters. The number of amides is 1. The van der Waals surface area contributed by atoms with Gasteiger partial charge in [-0.25, -0.2) is 9.18 Å². The van der Waals surface area contributed by atoms with Gasteiger partial charge in [0.05, 0.1) is 22.1 Å². The highest BCUT2D eigenvalue weighted by Gasteiger charge is 2.47. The number of carboxylic acids is 1. The molecule has 4 rings (SSSR count). The van der Waals surface area contributed by atoms with Crippen LogP contribution in [0.2, 0.25) is 0 Å². The molecule has 1 heterocycles. The van der Waals surface area contributed by atoms with Crippen LogP contribution in [0.25, 0.3) is 5.76 Å². The first kappa shape index (κ1) is 22.3. The van der Waals surface area contributed by atoms with Crippen LogP contribution in [0.15, 0.2) is 78.4 Å². The van der Waals surface area contributed by atoms with Crippen LogP contribution in [-0.4, -0.2) is 32.8 Å². The summed E-state index contributed by atoms with van der Waals surface area (Å²) < 4.78 is 13.6. The number of nitro benzene ring substituents is 1. The lowest BCUT2D eigenvalue weighted by Crippen LogP contribution is -2.29. The number of Topliss-reactive ketones (excluding diaryl/α,β-unsaturated/α-hetero) is 1. The van der Waals surface area contributed by atoms with Crippen LogP contribution in [-0.2, 0) is 9.59 Å². The summed E-state index contributed by atoms with van der Waals surface area (Å²) in [4.78, 5) is 48.6. The Morgan fingerprint density at radius 2 is 1.44 bits per heavy atom. The Kier molecular flexibility index (Phi) is 5.64. The van der Waals surface area contributed by atoms with Crippen molar-refractivity contribution in [3.8, 4) is 0 Å². The van der Waals surface area contributed by atoms with Crippen LogP contribution in [0.1, 0.15) is 27.5 Å². The van der Waals surface area contributed by atoms with E-state index in [9.17, 15) is 34.0 Å². The fourth-order valence-electron chi connectivity index (χ4n) is 3.72. The minimum absolute atomic E-state index is 0.0375. The van der Waals surface area contributed by atoms with E-state index in [1.165, 1.54) is 48.5 Å². The number of hydrogen-bond acceptors (Lipinski definition) is 6. The summed E-state index contributed by atoms with van der Waals surface area (Å²) in [6, 6.07) is 13.8. The van der Waals surface area contributed by atoms with Crippen molar-refractivity contribution in [3.63, 3.8) is 0 Å². The molecule has 9 nitrogen and oxygen atoms in total. The summed E-state index contributed by atoms with van der Waals surface area (Å²) in [6.07, 6.45) is 0. The van der Waals surface area contributed by atoms with E-state index in [1.54, 1.807) is 0 Å². The van der Waals surface area contributed by atoms with E-state index in [0.717, 1.165) is 29.2 Å². The van der Waals surface area contributed by atoms with Gasteiger partial charge in [-0.05, 0) is 54.1 Å². The maximum absolute atomic E-state index is 13.6. The quantitative estimate of drug-likeness (QED) is 0.192. The molecule has 0 radical (unpaired) electrons. The molecule has 0 aromatic heterocycles. The third kappa shape index (κ3) is 3.88. The molecule has 170 valence electrons. The topological polar surface area (TPSA) is 138 Å². The van der Waals surface area contributed by atoms with Crippen LogP contribution in [0.5, 0.6) is 0 Å². The number of aromatic carboxylic acids is 1. The maximum atomic E-state index is 13.6. The summed E-state index contributed by atoms with van der Waals surface area (Å²) in [7, 11) is 0. The molecule has 2 N–H and O–H groups in total. The number of carboxylic acid groups (broad SMARTS) is 1. The van der Waals surface area contributed by atoms with Crippen LogP contribution in [0.3, 0.4) is 0 Å². The zero-order chi connectivity index (χ0) is 24.6. The summed E-state index contributed by atoms with van der Waals surface area (Å²) in [5.74, 6) is -4.30. The minimum Gasteiger partial charge on any atom is -0.507 e. The number of aliphatic hydroxyl groups is 1. The number of halogens is 1. The SMILES string of the molecule is O=C1C(=O)N(c2ccc(C(=O)O)cc2)C(c2ccc(F)cc2)/C1=C(\O)c1ccc([N+](=O)[O-])cc1. The number of benzene rings is 3. The summed E-state index contributed by atoms with van der Waals surface area (Å²) in [6.45, 7) is 0. The van der Waals surface area contributed by atoms with E-state index in [1.807, 2.05) is 0 Å². The second-order valence-corrected chi connectivity index (χ2v) is 7.38. The van der Waals surface area contributed by atoms with Crippen molar-refractivity contribution >= 4 is 34.8 Å². The van der Waals surface area contributed by atoms with Crippen molar-refractivity contribution in [1.29, 1.82) is 0 Å². The standard InChI is InChI=1S/C24H15FN2O7/c25-16-7-1-13(2-8-16)20-19(21(28)14-3-11-18(12-4-14)27(33)34)22(29)23(30)26(20)17-9-5-15(6-10-17)24(31)32/h1-12,20,28H,(H,31,32)/b21-19+. The Morgan fingerprint density at radius 1 is 0.882 bits per heavy atom. The number of carbonyl (C=O) groups is 3. The van der Waals surface area contributed by atoms with Gasteiger partial charge in [-0.15, -0.1) is 0 Å². The van der Waals surface area contributed by atoms with E-state index in [2.05, 4.69) is 0 Å². The van der Waals surface area contributed by atoms with E-state index < -0.39 is 40.2 Å². The van der Waals surface area contributed by atoms with E-state index in [0.29, 0.717) is 5.56 Å². The van der Waals surface area contributed by atoms with E-state index >= 15 is 0 Å². The number of ketones is 1. The van der Waals surface area contributed by atoms with E-state index in [4.69, 9.17) is 5.11 Å². The number of nitrogens with zero attached hydrogens (tertiary/aromatic N) is 2. The van der Waals surface area contributed by atoms with Crippen LogP contribution in [0, 0.1) is 15.9 Å². The van der Waals surface area contributed by atoms with Gasteiger partial charge in [-0.1, -0.05) is 12.1 Å². The van der Waals surface area contributed by atoms with Gasteiger partial charge < -0.3 is 10.2 Å². The third-order valence-corrected chi connectivity index (χ3v) is 5.37. The number of hydrogen-bond donors (Lipinski definition) is 2. The minimum atomic E-state index is -1.18. The molecule has 10 heteroatoms. The first-order valence-electron chi connectivity index (χ1n) is 9.83. The second kappa shape index (κ2) is 8.58. The van der Waals surface area contributed by atoms with Gasteiger partial charge in [0.1, 0.15) is 11.6 Å². The highest BCUT2D eigenvalue weighted by Crippen LogP contribution is 2.42. The van der Waals surface area contributed by atoms with Gasteiger partial charge in [0.2, 0.25) is 0 Å². The zero-order valence-electron chi connectivity index (χ0n) is 17.2. The monoisotopic (exact) mass is 462 g/mol. The molecule has 0 aliphatic carbocycles. The second-order valence-electron chi connectivity index (χ2n) is 7.38. The number of non-ortho nitro benzene ring substituents is 1. The highest BCUT2D eigenvalue weighted by molar-refractivity contribution is 6.51. The molecule has 34 heavy (non-hydrogen) atoms. The maximum Gasteiger partial charge on any atom is 0.335 e. The number of aliphatic hydroxyl groups excluding tert-OH is 1. The predicted molar refractivity (Wildman–Crippen MR) is 118 cm³/mol. The van der Waals surface area contributed by atoms with Crippen molar-refractivity contribution in [1.82, 2.24) is 0 Å². The average molecular weight is 462 g/mol. The number of nitro groups is 1. The number of carbonyl (C=O) groups excluding carboxylic acids is 2. The molecule has 0 saturated carbocycles. The summed E-state index contributed by atoms with van der Waals surface area (Å²) in [5.41, 5.74) is -0.00425. The molecular formula is C24H15FN2O7. The molecule has 1 atom stereocenters. The van der Waals surface area contributed by atoms with Crippen molar-refractivity contribution in [3.05, 3.63) is 111 Å².